The van der Waals surface area contributed by atoms with Crippen molar-refractivity contribution < 1.29 is 5.11 Å². The Hall–Kier alpha value is -1.34. The van der Waals surface area contributed by atoms with Crippen molar-refractivity contribution in [3.8, 4) is 0 Å². The van der Waals surface area contributed by atoms with Crippen LogP contribution in [0.4, 0.5) is 0 Å². The molecule has 1 heteroatoms. The molecule has 0 spiro atoms. The largest absolute Gasteiger partial charge is 0.396 e. The molecular weight excluding hydrogens is 208 g/mol. The number of hydrogen-bond acceptors (Lipinski definition) is 1. The Morgan fingerprint density at radius 2 is 1.71 bits per heavy atom. The number of rotatable bonds is 4. The van der Waals surface area contributed by atoms with E-state index in [1.165, 1.54) is 16.3 Å². The minimum Gasteiger partial charge on any atom is -0.396 e. The van der Waals surface area contributed by atoms with E-state index < -0.39 is 0 Å². The molecule has 2 rings (SSSR count). The summed E-state index contributed by atoms with van der Waals surface area (Å²) < 4.78 is 0. The molecule has 0 fully saturated rings. The molecule has 17 heavy (non-hydrogen) atoms. The molecule has 1 N–H and O–H groups in total. The highest BCUT2D eigenvalue weighted by Crippen LogP contribution is 2.26. The number of hydrogen-bond donors (Lipinski definition) is 1. The number of aliphatic hydroxyl groups excluding tert-OH is 1. The molecule has 0 amide bonds. The Labute approximate surface area is 103 Å². The van der Waals surface area contributed by atoms with Gasteiger partial charge in [-0.2, -0.15) is 0 Å². The highest BCUT2D eigenvalue weighted by molar-refractivity contribution is 5.83. The molecular formula is C16H20O. The normalized spacial score (nSPS) is 14.8. The van der Waals surface area contributed by atoms with E-state index >= 15 is 0 Å². The van der Waals surface area contributed by atoms with Crippen molar-refractivity contribution in [2.24, 2.45) is 5.92 Å². The second kappa shape index (κ2) is 5.33. The monoisotopic (exact) mass is 228 g/mol. The van der Waals surface area contributed by atoms with Crippen LogP contribution in [0.1, 0.15) is 31.7 Å². The minimum atomic E-state index is 0.276. The van der Waals surface area contributed by atoms with Gasteiger partial charge in [-0.25, -0.2) is 0 Å². The summed E-state index contributed by atoms with van der Waals surface area (Å²) in [5.74, 6) is 0.873. The lowest BCUT2D eigenvalue weighted by Gasteiger charge is -2.16. The molecule has 0 aliphatic rings. The van der Waals surface area contributed by atoms with Gasteiger partial charge in [-0.15, -0.1) is 0 Å². The Bertz CT molecular complexity index is 490. The number of aliphatic hydroxyl groups is 1. The molecule has 2 aromatic rings. The second-order valence-electron chi connectivity index (χ2n) is 5.03. The van der Waals surface area contributed by atoms with Crippen molar-refractivity contribution in [1.82, 2.24) is 0 Å². The molecule has 0 aliphatic heterocycles. The Kier molecular flexibility index (Phi) is 3.80. The summed E-state index contributed by atoms with van der Waals surface area (Å²) in [6.45, 7) is 4.60. The van der Waals surface area contributed by atoms with Crippen molar-refractivity contribution in [2.75, 3.05) is 6.61 Å². The zero-order chi connectivity index (χ0) is 12.3. The molecule has 1 nitrogen and oxygen atoms in total. The van der Waals surface area contributed by atoms with Gasteiger partial charge >= 0.3 is 0 Å². The fourth-order valence-electron chi connectivity index (χ4n) is 2.33. The van der Waals surface area contributed by atoms with Crippen LogP contribution < -0.4 is 0 Å². The third-order valence-electron chi connectivity index (χ3n) is 3.41. The average Bonchev–Trinajstić information content (AvgIpc) is 2.38. The molecule has 90 valence electrons. The third-order valence-corrected chi connectivity index (χ3v) is 3.41. The zero-order valence-electron chi connectivity index (χ0n) is 10.6. The summed E-state index contributed by atoms with van der Waals surface area (Å²) in [5.41, 5.74) is 1.36. The zero-order valence-corrected chi connectivity index (χ0v) is 10.6. The molecule has 0 unspecified atom stereocenters. The van der Waals surface area contributed by atoms with Gasteiger partial charge in [0.05, 0.1) is 0 Å². The summed E-state index contributed by atoms with van der Waals surface area (Å²) in [4.78, 5) is 0. The Balaban J connectivity index is 2.23. The van der Waals surface area contributed by atoms with Crippen molar-refractivity contribution in [1.29, 1.82) is 0 Å². The van der Waals surface area contributed by atoms with Gasteiger partial charge in [-0.3, -0.25) is 0 Å². The average molecular weight is 228 g/mol. The quantitative estimate of drug-likeness (QED) is 0.839. The van der Waals surface area contributed by atoms with Crippen molar-refractivity contribution in [2.45, 2.75) is 26.2 Å². The van der Waals surface area contributed by atoms with E-state index in [1.54, 1.807) is 0 Å². The number of fused-ring (bicyclic) bond motifs is 1. The van der Waals surface area contributed by atoms with Gasteiger partial charge in [0.1, 0.15) is 0 Å². The standard InChI is InChI=1S/C16H20O/c1-12(11-17)9-13(2)15-8-7-14-5-3-4-6-16(14)10-15/h3-8,10,12-13,17H,9,11H2,1-2H3/t12-,13-/m1/s1. The highest BCUT2D eigenvalue weighted by Gasteiger charge is 2.10. The molecule has 0 aliphatic carbocycles. The molecule has 0 radical (unpaired) electrons. The van der Waals surface area contributed by atoms with Gasteiger partial charge in [-0.1, -0.05) is 56.3 Å². The van der Waals surface area contributed by atoms with Crippen molar-refractivity contribution >= 4 is 10.8 Å². The van der Waals surface area contributed by atoms with Crippen LogP contribution in [0.3, 0.4) is 0 Å². The van der Waals surface area contributed by atoms with E-state index in [9.17, 15) is 0 Å². The van der Waals surface area contributed by atoms with Crippen LogP contribution in [0.15, 0.2) is 42.5 Å². The van der Waals surface area contributed by atoms with Gasteiger partial charge in [0.25, 0.3) is 0 Å². The first-order valence-corrected chi connectivity index (χ1v) is 6.30. The Morgan fingerprint density at radius 1 is 1.00 bits per heavy atom. The molecule has 0 heterocycles. The first kappa shape index (κ1) is 12.1. The van der Waals surface area contributed by atoms with Crippen LogP contribution in [0.2, 0.25) is 0 Å². The van der Waals surface area contributed by atoms with E-state index in [-0.39, 0.29) is 6.61 Å². The fourth-order valence-corrected chi connectivity index (χ4v) is 2.33. The summed E-state index contributed by atoms with van der Waals surface area (Å²) in [5, 5.41) is 11.7. The maximum atomic E-state index is 9.10. The van der Waals surface area contributed by atoms with Crippen LogP contribution in [-0.2, 0) is 0 Å². The molecule has 0 aromatic heterocycles. The lowest BCUT2D eigenvalue weighted by Crippen LogP contribution is -2.05. The van der Waals surface area contributed by atoms with Gasteiger partial charge in [0, 0.05) is 6.61 Å². The van der Waals surface area contributed by atoms with Gasteiger partial charge < -0.3 is 5.11 Å². The van der Waals surface area contributed by atoms with E-state index in [4.69, 9.17) is 5.11 Å². The number of benzene rings is 2. The van der Waals surface area contributed by atoms with E-state index in [0.29, 0.717) is 11.8 Å². The lowest BCUT2D eigenvalue weighted by atomic mass is 9.90. The van der Waals surface area contributed by atoms with Crippen molar-refractivity contribution in [3.05, 3.63) is 48.0 Å². The SMILES string of the molecule is C[C@@H](CO)C[C@@H](C)c1ccc2ccccc2c1. The van der Waals surface area contributed by atoms with Crippen LogP contribution in [0.5, 0.6) is 0 Å². The third kappa shape index (κ3) is 2.86. The summed E-state index contributed by atoms with van der Waals surface area (Å²) in [7, 11) is 0. The van der Waals surface area contributed by atoms with Gasteiger partial charge in [0.15, 0.2) is 0 Å². The summed E-state index contributed by atoms with van der Waals surface area (Å²) in [6, 6.07) is 15.1. The second-order valence-corrected chi connectivity index (χ2v) is 5.03. The maximum absolute atomic E-state index is 9.10. The van der Waals surface area contributed by atoms with Gasteiger partial charge in [0.2, 0.25) is 0 Å². The van der Waals surface area contributed by atoms with E-state index in [2.05, 4.69) is 56.3 Å². The predicted molar refractivity (Wildman–Crippen MR) is 73.2 cm³/mol. The molecule has 0 saturated carbocycles. The maximum Gasteiger partial charge on any atom is 0.0456 e. The van der Waals surface area contributed by atoms with Crippen molar-refractivity contribution in [3.63, 3.8) is 0 Å². The molecule has 0 saturated heterocycles. The van der Waals surface area contributed by atoms with Crippen LogP contribution in [0, 0.1) is 5.92 Å². The van der Waals surface area contributed by atoms with Gasteiger partial charge in [-0.05, 0) is 34.6 Å². The van der Waals surface area contributed by atoms with E-state index in [0.717, 1.165) is 6.42 Å². The van der Waals surface area contributed by atoms with Crippen LogP contribution in [0.25, 0.3) is 10.8 Å². The molecule has 2 atom stereocenters. The van der Waals surface area contributed by atoms with Crippen LogP contribution in [-0.4, -0.2) is 11.7 Å². The molecule has 2 aromatic carbocycles. The topological polar surface area (TPSA) is 20.2 Å². The van der Waals surface area contributed by atoms with Crippen LogP contribution >= 0.6 is 0 Å². The smallest absolute Gasteiger partial charge is 0.0456 e. The summed E-state index contributed by atoms with van der Waals surface area (Å²) in [6.07, 6.45) is 1.04. The first-order chi connectivity index (χ1) is 8.20. The summed E-state index contributed by atoms with van der Waals surface area (Å²) >= 11 is 0. The minimum absolute atomic E-state index is 0.276. The highest BCUT2D eigenvalue weighted by atomic mass is 16.3. The Morgan fingerprint density at radius 3 is 2.41 bits per heavy atom. The van der Waals surface area contributed by atoms with E-state index in [1.807, 2.05) is 0 Å². The lowest BCUT2D eigenvalue weighted by molar-refractivity contribution is 0.225. The predicted octanol–water partition coefficient (Wildman–Crippen LogP) is 3.96. The fraction of sp³-hybridized carbons (Fsp3) is 0.375. The molecule has 0 bridgehead atoms. The first-order valence-electron chi connectivity index (χ1n) is 6.30.